The predicted molar refractivity (Wildman–Crippen MR) is 72.6 cm³/mol. The SMILES string of the molecule is [N-]=[N+]=CC(=O)CC[C@H](NC(=O)[C@@H](O)c1ccc(F)cn1)C(=O)O. The molecule has 0 aliphatic carbocycles. The highest BCUT2D eigenvalue weighted by Crippen LogP contribution is 2.11. The van der Waals surface area contributed by atoms with E-state index in [9.17, 15) is 23.9 Å². The molecule has 0 spiro atoms. The fraction of sp³-hybridized carbons (Fsp3) is 0.308. The number of amides is 1. The molecule has 1 aromatic heterocycles. The Hall–Kier alpha value is -2.97. The summed E-state index contributed by atoms with van der Waals surface area (Å²) in [7, 11) is 0. The zero-order chi connectivity index (χ0) is 17.4. The lowest BCUT2D eigenvalue weighted by Gasteiger charge is -2.16. The highest BCUT2D eigenvalue weighted by Gasteiger charge is 2.26. The second-order valence-electron chi connectivity index (χ2n) is 4.45. The number of hydrogen-bond acceptors (Lipinski definition) is 5. The molecule has 9 nitrogen and oxygen atoms in total. The van der Waals surface area contributed by atoms with Crippen LogP contribution in [0.2, 0.25) is 0 Å². The Balaban J connectivity index is 2.69. The molecule has 1 rings (SSSR count). The monoisotopic (exact) mass is 324 g/mol. The number of carbonyl (C=O) groups excluding carboxylic acids is 2. The van der Waals surface area contributed by atoms with Gasteiger partial charge in [0, 0.05) is 6.42 Å². The first kappa shape index (κ1) is 18.1. The van der Waals surface area contributed by atoms with Gasteiger partial charge in [-0.25, -0.2) is 9.18 Å². The maximum atomic E-state index is 12.7. The number of Topliss-reactive ketones (excluding diaryl/α,β-unsaturated/α-hetero) is 1. The third-order valence-electron chi connectivity index (χ3n) is 2.77. The largest absolute Gasteiger partial charge is 0.480 e. The molecule has 0 saturated carbocycles. The van der Waals surface area contributed by atoms with Crippen LogP contribution in [-0.4, -0.2) is 49.9 Å². The molecule has 0 unspecified atom stereocenters. The van der Waals surface area contributed by atoms with Gasteiger partial charge in [0.15, 0.2) is 6.10 Å². The zero-order valence-corrected chi connectivity index (χ0v) is 11.7. The number of aliphatic carboxylic acids is 1. The minimum absolute atomic E-state index is 0.156. The third-order valence-corrected chi connectivity index (χ3v) is 2.77. The van der Waals surface area contributed by atoms with Crippen molar-refractivity contribution in [1.29, 1.82) is 0 Å². The van der Waals surface area contributed by atoms with Crippen molar-refractivity contribution >= 4 is 23.9 Å². The Labute approximate surface area is 129 Å². The van der Waals surface area contributed by atoms with Crippen LogP contribution in [0.3, 0.4) is 0 Å². The van der Waals surface area contributed by atoms with Crippen molar-refractivity contribution in [2.75, 3.05) is 0 Å². The number of carbonyl (C=O) groups is 3. The van der Waals surface area contributed by atoms with Crippen molar-refractivity contribution in [1.82, 2.24) is 10.3 Å². The highest BCUT2D eigenvalue weighted by molar-refractivity contribution is 6.25. The first-order chi connectivity index (χ1) is 10.8. The van der Waals surface area contributed by atoms with Gasteiger partial charge in [-0.2, -0.15) is 4.79 Å². The van der Waals surface area contributed by atoms with E-state index in [1.54, 1.807) is 0 Å². The van der Waals surface area contributed by atoms with Gasteiger partial charge < -0.3 is 21.1 Å². The lowest BCUT2D eigenvalue weighted by atomic mass is 10.1. The summed E-state index contributed by atoms with van der Waals surface area (Å²) < 4.78 is 12.7. The molecule has 0 aliphatic rings. The molecular formula is C13H13FN4O5. The quantitative estimate of drug-likeness (QED) is 0.332. The average Bonchev–Trinajstić information content (AvgIpc) is 2.51. The number of halogens is 1. The molecule has 2 atom stereocenters. The van der Waals surface area contributed by atoms with Crippen molar-refractivity contribution in [2.45, 2.75) is 25.0 Å². The molecule has 1 aromatic rings. The number of ketones is 1. The molecule has 0 bridgehead atoms. The summed E-state index contributed by atoms with van der Waals surface area (Å²) in [5.41, 5.74) is 8.01. The van der Waals surface area contributed by atoms with E-state index in [-0.39, 0.29) is 18.5 Å². The Morgan fingerprint density at radius 2 is 2.13 bits per heavy atom. The van der Waals surface area contributed by atoms with Crippen molar-refractivity contribution in [2.24, 2.45) is 0 Å². The lowest BCUT2D eigenvalue weighted by molar-refractivity contribution is -0.143. The van der Waals surface area contributed by atoms with Gasteiger partial charge in [-0.05, 0) is 18.6 Å². The molecule has 0 aliphatic heterocycles. The summed E-state index contributed by atoms with van der Waals surface area (Å²) in [5, 5.41) is 20.8. The van der Waals surface area contributed by atoms with Gasteiger partial charge in [-0.3, -0.25) is 14.6 Å². The van der Waals surface area contributed by atoms with Crippen molar-refractivity contribution in [3.8, 4) is 0 Å². The van der Waals surface area contributed by atoms with Crippen LogP contribution < -0.4 is 5.32 Å². The summed E-state index contributed by atoms with van der Waals surface area (Å²) >= 11 is 0. The third kappa shape index (κ3) is 5.73. The summed E-state index contributed by atoms with van der Waals surface area (Å²) in [6.07, 6.45) is -0.931. The van der Waals surface area contributed by atoms with Crippen LogP contribution in [0.1, 0.15) is 24.6 Å². The van der Waals surface area contributed by atoms with Crippen molar-refractivity contribution in [3.63, 3.8) is 0 Å². The second kappa shape index (κ2) is 8.47. The van der Waals surface area contributed by atoms with Gasteiger partial charge in [0.25, 0.3) is 5.91 Å². The molecular weight excluding hydrogens is 311 g/mol. The number of carboxylic acids is 1. The van der Waals surface area contributed by atoms with Crippen LogP contribution in [0.4, 0.5) is 4.39 Å². The number of nitrogens with zero attached hydrogens (tertiary/aromatic N) is 3. The van der Waals surface area contributed by atoms with Gasteiger partial charge in [-0.1, -0.05) is 0 Å². The van der Waals surface area contributed by atoms with E-state index < -0.39 is 35.6 Å². The van der Waals surface area contributed by atoms with Crippen molar-refractivity contribution in [3.05, 3.63) is 35.4 Å². The van der Waals surface area contributed by atoms with E-state index in [1.807, 2.05) is 5.32 Å². The number of nitrogens with one attached hydrogen (secondary N) is 1. The maximum absolute atomic E-state index is 12.7. The van der Waals surface area contributed by atoms with E-state index in [0.29, 0.717) is 6.21 Å². The van der Waals surface area contributed by atoms with Gasteiger partial charge >= 0.3 is 12.2 Å². The minimum Gasteiger partial charge on any atom is -0.480 e. The predicted octanol–water partition coefficient (Wildman–Crippen LogP) is -0.527. The van der Waals surface area contributed by atoms with E-state index in [4.69, 9.17) is 10.6 Å². The molecule has 10 heteroatoms. The molecule has 0 saturated heterocycles. The summed E-state index contributed by atoms with van der Waals surface area (Å²) in [4.78, 5) is 40.0. The van der Waals surface area contributed by atoms with Gasteiger partial charge in [0.05, 0.1) is 11.9 Å². The molecule has 1 amide bonds. The molecule has 122 valence electrons. The number of aliphatic hydroxyl groups excluding tert-OH is 1. The minimum atomic E-state index is -1.79. The normalized spacial score (nSPS) is 12.6. The van der Waals surface area contributed by atoms with Gasteiger partial charge in [0.1, 0.15) is 11.9 Å². The molecule has 3 N–H and O–H groups in total. The van der Waals surface area contributed by atoms with E-state index in [2.05, 4.69) is 9.77 Å². The van der Waals surface area contributed by atoms with Crippen LogP contribution in [0, 0.1) is 5.82 Å². The number of aromatic nitrogens is 1. The van der Waals surface area contributed by atoms with Crippen LogP contribution >= 0.6 is 0 Å². The summed E-state index contributed by atoms with van der Waals surface area (Å²) in [6, 6.07) is 0.630. The number of hydrogen-bond donors (Lipinski definition) is 3. The lowest BCUT2D eigenvalue weighted by Crippen LogP contribution is -2.43. The van der Waals surface area contributed by atoms with Crippen molar-refractivity contribution < 1.29 is 33.8 Å². The van der Waals surface area contributed by atoms with Crippen LogP contribution in [0.5, 0.6) is 0 Å². The number of pyridine rings is 1. The second-order valence-corrected chi connectivity index (χ2v) is 4.45. The van der Waals surface area contributed by atoms with Crippen LogP contribution in [0.25, 0.3) is 5.53 Å². The maximum Gasteiger partial charge on any atom is 0.326 e. The molecule has 23 heavy (non-hydrogen) atoms. The first-order valence-electron chi connectivity index (χ1n) is 6.38. The van der Waals surface area contributed by atoms with Gasteiger partial charge in [0.2, 0.25) is 5.78 Å². The Bertz CT molecular complexity index is 642. The standard InChI is InChI=1S/C13H13FN4O5/c14-7-1-3-9(16-5-7)11(20)12(21)18-10(13(22)23)4-2-8(19)6-17-15/h1,3,5-6,10-11,20H,2,4H2,(H,18,21)(H,22,23)/t10-,11-/m0/s1. The summed E-state index contributed by atoms with van der Waals surface area (Å²) in [5.74, 6) is -3.76. The average molecular weight is 324 g/mol. The Morgan fingerprint density at radius 1 is 1.43 bits per heavy atom. The number of aliphatic hydroxyl groups is 1. The fourth-order valence-corrected chi connectivity index (χ4v) is 1.61. The molecule has 1 heterocycles. The van der Waals surface area contributed by atoms with E-state index in [1.165, 1.54) is 0 Å². The topological polar surface area (TPSA) is 153 Å². The molecule has 0 radical (unpaired) electrons. The smallest absolute Gasteiger partial charge is 0.326 e. The Morgan fingerprint density at radius 3 is 2.65 bits per heavy atom. The van der Waals surface area contributed by atoms with E-state index in [0.717, 1.165) is 18.3 Å². The fourth-order valence-electron chi connectivity index (χ4n) is 1.61. The van der Waals surface area contributed by atoms with Crippen LogP contribution in [-0.2, 0) is 14.4 Å². The number of carboxylic acid groups (broad SMARTS) is 1. The Kier molecular flexibility index (Phi) is 6.66. The number of rotatable bonds is 8. The van der Waals surface area contributed by atoms with Crippen LogP contribution in [0.15, 0.2) is 18.3 Å². The molecule has 0 aromatic carbocycles. The zero-order valence-electron chi connectivity index (χ0n) is 11.7. The highest BCUT2D eigenvalue weighted by atomic mass is 19.1. The summed E-state index contributed by atoms with van der Waals surface area (Å²) in [6.45, 7) is 0. The first-order valence-corrected chi connectivity index (χ1v) is 6.38. The molecule has 0 fully saturated rings. The van der Waals surface area contributed by atoms with Gasteiger partial charge in [-0.15, -0.1) is 0 Å². The van der Waals surface area contributed by atoms with E-state index >= 15 is 0 Å².